The zero-order valence-electron chi connectivity index (χ0n) is 9.46. The summed E-state index contributed by atoms with van der Waals surface area (Å²) in [4.78, 5) is 11.0. The number of esters is 1. The summed E-state index contributed by atoms with van der Waals surface area (Å²) in [6, 6.07) is 0. The van der Waals surface area contributed by atoms with Gasteiger partial charge in [-0.2, -0.15) is 0 Å². The van der Waals surface area contributed by atoms with Gasteiger partial charge in [-0.3, -0.25) is 4.79 Å². The highest BCUT2D eigenvalue weighted by Crippen LogP contribution is 2.10. The molecule has 0 aliphatic rings. The van der Waals surface area contributed by atoms with Crippen molar-refractivity contribution in [3.05, 3.63) is 0 Å². The minimum atomic E-state index is -0.555. The number of hydrogen-bond donors (Lipinski definition) is 0. The van der Waals surface area contributed by atoms with Crippen LogP contribution in [-0.4, -0.2) is 38.5 Å². The van der Waals surface area contributed by atoms with Gasteiger partial charge in [-0.05, 0) is 13.8 Å². The molecular formula is C10H20O4. The van der Waals surface area contributed by atoms with Crippen LogP contribution in [0, 0.1) is 0 Å². The first kappa shape index (κ1) is 13.4. The molecule has 4 nitrogen and oxygen atoms in total. The van der Waals surface area contributed by atoms with Crippen molar-refractivity contribution in [2.24, 2.45) is 0 Å². The molecule has 4 heteroatoms. The van der Waals surface area contributed by atoms with Crippen LogP contribution < -0.4 is 0 Å². The van der Waals surface area contributed by atoms with E-state index in [2.05, 4.69) is 0 Å². The molecule has 0 aliphatic heterocycles. The average molecular weight is 204 g/mol. The molecule has 0 saturated heterocycles. The lowest BCUT2D eigenvalue weighted by Crippen LogP contribution is -2.33. The molecule has 0 N–H and O–H groups in total. The third-order valence-electron chi connectivity index (χ3n) is 1.56. The Kier molecular flexibility index (Phi) is 6.49. The summed E-state index contributed by atoms with van der Waals surface area (Å²) in [5.74, 6) is -0.203. The summed E-state index contributed by atoms with van der Waals surface area (Å²) >= 11 is 0. The molecule has 0 aromatic carbocycles. The van der Waals surface area contributed by atoms with Crippen LogP contribution in [-0.2, 0) is 19.0 Å². The Labute approximate surface area is 85.5 Å². The van der Waals surface area contributed by atoms with Crippen LogP contribution in [0.15, 0.2) is 0 Å². The van der Waals surface area contributed by atoms with E-state index in [1.807, 2.05) is 13.8 Å². The first-order valence-electron chi connectivity index (χ1n) is 4.80. The Morgan fingerprint density at radius 1 is 1.29 bits per heavy atom. The number of rotatable bonds is 7. The third kappa shape index (κ3) is 6.86. The zero-order valence-corrected chi connectivity index (χ0v) is 9.46. The Morgan fingerprint density at radius 3 is 2.43 bits per heavy atom. The monoisotopic (exact) mass is 204 g/mol. The van der Waals surface area contributed by atoms with E-state index in [0.717, 1.165) is 0 Å². The molecular weight excluding hydrogens is 184 g/mol. The molecule has 0 unspecified atom stereocenters. The number of ether oxygens (including phenoxy) is 3. The number of carbonyl (C=O) groups excluding carboxylic acids is 1. The second-order valence-corrected chi connectivity index (χ2v) is 3.63. The fraction of sp³-hybridized carbons (Fsp3) is 0.900. The van der Waals surface area contributed by atoms with E-state index in [-0.39, 0.29) is 5.97 Å². The van der Waals surface area contributed by atoms with Gasteiger partial charge in [0.1, 0.15) is 5.60 Å². The van der Waals surface area contributed by atoms with Crippen molar-refractivity contribution in [3.8, 4) is 0 Å². The van der Waals surface area contributed by atoms with Crippen molar-refractivity contribution in [1.82, 2.24) is 0 Å². The van der Waals surface area contributed by atoms with Gasteiger partial charge in [0, 0.05) is 13.5 Å². The smallest absolute Gasteiger partial charge is 0.306 e. The van der Waals surface area contributed by atoms with Gasteiger partial charge in [0.15, 0.2) is 0 Å². The van der Waals surface area contributed by atoms with Crippen LogP contribution >= 0.6 is 0 Å². The fourth-order valence-corrected chi connectivity index (χ4v) is 0.870. The maximum atomic E-state index is 11.0. The molecule has 0 aromatic heterocycles. The Hall–Kier alpha value is -0.610. The van der Waals surface area contributed by atoms with E-state index in [0.29, 0.717) is 26.2 Å². The average Bonchev–Trinajstić information content (AvgIpc) is 2.12. The zero-order chi connectivity index (χ0) is 11.0. The van der Waals surface area contributed by atoms with E-state index in [1.54, 1.807) is 14.0 Å². The van der Waals surface area contributed by atoms with Gasteiger partial charge >= 0.3 is 5.97 Å². The van der Waals surface area contributed by atoms with Gasteiger partial charge in [-0.1, -0.05) is 6.92 Å². The van der Waals surface area contributed by atoms with Gasteiger partial charge in [0.2, 0.25) is 0 Å². The number of methoxy groups -OCH3 is 1. The van der Waals surface area contributed by atoms with E-state index < -0.39 is 5.60 Å². The molecule has 0 bridgehead atoms. The summed E-state index contributed by atoms with van der Waals surface area (Å²) in [6.45, 7) is 6.88. The second-order valence-electron chi connectivity index (χ2n) is 3.63. The standard InChI is InChI=1S/C10H20O4/c1-5-9(11)14-10(2,3)8-13-7-6-12-4/h5-8H2,1-4H3. The van der Waals surface area contributed by atoms with Crippen LogP contribution in [0.1, 0.15) is 27.2 Å². The first-order valence-corrected chi connectivity index (χ1v) is 4.80. The molecule has 0 rings (SSSR count). The Bertz CT molecular complexity index is 166. The summed E-state index contributed by atoms with van der Waals surface area (Å²) in [5, 5.41) is 0. The fourth-order valence-electron chi connectivity index (χ4n) is 0.870. The molecule has 0 saturated carbocycles. The predicted molar refractivity (Wildman–Crippen MR) is 53.2 cm³/mol. The van der Waals surface area contributed by atoms with Gasteiger partial charge in [0.25, 0.3) is 0 Å². The molecule has 0 radical (unpaired) electrons. The van der Waals surface area contributed by atoms with Crippen molar-refractivity contribution in [2.45, 2.75) is 32.8 Å². The minimum absolute atomic E-state index is 0.203. The number of hydrogen-bond acceptors (Lipinski definition) is 4. The Morgan fingerprint density at radius 2 is 1.93 bits per heavy atom. The lowest BCUT2D eigenvalue weighted by molar-refractivity contribution is -0.162. The summed E-state index contributed by atoms with van der Waals surface area (Å²) in [5.41, 5.74) is -0.555. The molecule has 0 amide bonds. The molecule has 14 heavy (non-hydrogen) atoms. The minimum Gasteiger partial charge on any atom is -0.457 e. The van der Waals surface area contributed by atoms with Crippen LogP contribution in [0.3, 0.4) is 0 Å². The van der Waals surface area contributed by atoms with E-state index in [4.69, 9.17) is 14.2 Å². The van der Waals surface area contributed by atoms with Crippen LogP contribution in [0.4, 0.5) is 0 Å². The maximum absolute atomic E-state index is 11.0. The van der Waals surface area contributed by atoms with Crippen LogP contribution in [0.25, 0.3) is 0 Å². The lowest BCUT2D eigenvalue weighted by atomic mass is 10.1. The molecule has 0 spiro atoms. The third-order valence-corrected chi connectivity index (χ3v) is 1.56. The Balaban J connectivity index is 3.66. The highest BCUT2D eigenvalue weighted by Gasteiger charge is 2.22. The lowest BCUT2D eigenvalue weighted by Gasteiger charge is -2.24. The largest absolute Gasteiger partial charge is 0.457 e. The molecule has 84 valence electrons. The molecule has 0 heterocycles. The van der Waals surface area contributed by atoms with Crippen molar-refractivity contribution in [2.75, 3.05) is 26.9 Å². The van der Waals surface area contributed by atoms with Crippen molar-refractivity contribution in [1.29, 1.82) is 0 Å². The maximum Gasteiger partial charge on any atom is 0.306 e. The van der Waals surface area contributed by atoms with Gasteiger partial charge in [-0.25, -0.2) is 0 Å². The molecule has 0 fully saturated rings. The quantitative estimate of drug-likeness (QED) is 0.464. The molecule has 0 atom stereocenters. The summed E-state index contributed by atoms with van der Waals surface area (Å²) < 4.78 is 15.3. The molecule has 0 aliphatic carbocycles. The van der Waals surface area contributed by atoms with E-state index in [1.165, 1.54) is 0 Å². The summed E-state index contributed by atoms with van der Waals surface area (Å²) in [6.07, 6.45) is 0.390. The van der Waals surface area contributed by atoms with Gasteiger partial charge < -0.3 is 14.2 Å². The van der Waals surface area contributed by atoms with Crippen LogP contribution in [0.2, 0.25) is 0 Å². The van der Waals surface area contributed by atoms with Gasteiger partial charge in [-0.15, -0.1) is 0 Å². The first-order chi connectivity index (χ1) is 6.52. The van der Waals surface area contributed by atoms with Crippen molar-refractivity contribution >= 4 is 5.97 Å². The predicted octanol–water partition coefficient (Wildman–Crippen LogP) is 1.38. The number of carbonyl (C=O) groups is 1. The molecule has 0 aromatic rings. The highest BCUT2D eigenvalue weighted by atomic mass is 16.6. The second kappa shape index (κ2) is 6.79. The van der Waals surface area contributed by atoms with Crippen molar-refractivity contribution in [3.63, 3.8) is 0 Å². The van der Waals surface area contributed by atoms with E-state index in [9.17, 15) is 4.79 Å². The topological polar surface area (TPSA) is 44.8 Å². The van der Waals surface area contributed by atoms with Crippen LogP contribution in [0.5, 0.6) is 0 Å². The summed E-state index contributed by atoms with van der Waals surface area (Å²) in [7, 11) is 1.62. The normalized spacial score (nSPS) is 11.4. The van der Waals surface area contributed by atoms with Gasteiger partial charge in [0.05, 0.1) is 19.8 Å². The van der Waals surface area contributed by atoms with Crippen molar-refractivity contribution < 1.29 is 19.0 Å². The van der Waals surface area contributed by atoms with E-state index >= 15 is 0 Å². The SMILES string of the molecule is CCC(=O)OC(C)(C)COCCOC. The highest BCUT2D eigenvalue weighted by molar-refractivity contribution is 5.69.